The van der Waals surface area contributed by atoms with Gasteiger partial charge in [-0.2, -0.15) is 0 Å². The van der Waals surface area contributed by atoms with Crippen molar-refractivity contribution >= 4 is 27.4 Å². The Morgan fingerprint density at radius 1 is 1.18 bits per heavy atom. The highest BCUT2D eigenvalue weighted by Crippen LogP contribution is 2.40. The highest BCUT2D eigenvalue weighted by atomic mass is 32.1. The summed E-state index contributed by atoms with van der Waals surface area (Å²) in [4.78, 5) is 14.3. The Labute approximate surface area is 170 Å². The van der Waals surface area contributed by atoms with Crippen LogP contribution in [-0.4, -0.2) is 55.5 Å². The zero-order chi connectivity index (χ0) is 18.9. The molecule has 4 heterocycles. The number of fused-ring (bicyclic) bond motifs is 3. The molecule has 152 valence electrons. The molecule has 7 heteroatoms. The van der Waals surface area contributed by atoms with Crippen LogP contribution < -0.4 is 10.2 Å². The fourth-order valence-corrected chi connectivity index (χ4v) is 6.07. The van der Waals surface area contributed by atoms with E-state index in [0.717, 1.165) is 76.4 Å². The molecule has 5 rings (SSSR count). The second-order valence-electron chi connectivity index (χ2n) is 8.58. The summed E-state index contributed by atoms with van der Waals surface area (Å²) in [5, 5.41) is 4.93. The molecule has 0 bridgehead atoms. The minimum Gasteiger partial charge on any atom is -0.376 e. The first-order chi connectivity index (χ1) is 13.8. The van der Waals surface area contributed by atoms with E-state index in [0.29, 0.717) is 6.10 Å². The van der Waals surface area contributed by atoms with Crippen molar-refractivity contribution in [3.05, 3.63) is 16.3 Å². The molecule has 2 aromatic rings. The summed E-state index contributed by atoms with van der Waals surface area (Å²) in [6.07, 6.45) is 6.24. The van der Waals surface area contributed by atoms with Gasteiger partial charge >= 0.3 is 0 Å². The monoisotopic (exact) mass is 403 g/mol. The zero-order valence-electron chi connectivity index (χ0n) is 16.8. The van der Waals surface area contributed by atoms with E-state index in [1.54, 1.807) is 0 Å². The van der Waals surface area contributed by atoms with Crippen LogP contribution in [0.25, 0.3) is 10.2 Å². The van der Waals surface area contributed by atoms with Crippen molar-refractivity contribution in [2.24, 2.45) is 5.92 Å². The molecule has 0 unspecified atom stereocenters. The van der Waals surface area contributed by atoms with E-state index in [2.05, 4.69) is 12.2 Å². The van der Waals surface area contributed by atoms with Crippen molar-refractivity contribution in [1.82, 2.24) is 9.97 Å². The number of anilines is 1. The average Bonchev–Trinajstić information content (AvgIpc) is 3.34. The minimum absolute atomic E-state index is 0.313. The summed E-state index contributed by atoms with van der Waals surface area (Å²) < 4.78 is 11.3. The maximum Gasteiger partial charge on any atom is 0.187 e. The van der Waals surface area contributed by atoms with Crippen LogP contribution in [0, 0.1) is 5.92 Å². The maximum absolute atomic E-state index is 5.83. The van der Waals surface area contributed by atoms with Gasteiger partial charge in [0.25, 0.3) is 0 Å². The molecule has 0 saturated carbocycles. The lowest BCUT2D eigenvalue weighted by atomic mass is 9.89. The Bertz CT molecular complexity index is 827. The second kappa shape index (κ2) is 8.22. The summed E-state index contributed by atoms with van der Waals surface area (Å²) in [5.74, 6) is 2.77. The van der Waals surface area contributed by atoms with E-state index < -0.39 is 0 Å². The van der Waals surface area contributed by atoms with Gasteiger partial charge in [-0.15, -0.1) is 11.3 Å². The Kier molecular flexibility index (Phi) is 5.50. The van der Waals surface area contributed by atoms with E-state index >= 15 is 0 Å². The van der Waals surface area contributed by atoms with E-state index in [4.69, 9.17) is 19.4 Å². The summed E-state index contributed by atoms with van der Waals surface area (Å²) in [6.45, 7) is 8.74. The molecule has 3 aliphatic rings. The van der Waals surface area contributed by atoms with Crippen molar-refractivity contribution in [3.8, 4) is 0 Å². The van der Waals surface area contributed by atoms with Crippen LogP contribution in [0.1, 0.15) is 42.5 Å². The number of nitrogens with zero attached hydrogens (tertiary/aromatic N) is 2. The quantitative estimate of drug-likeness (QED) is 0.798. The normalized spacial score (nSPS) is 25.9. The number of morpholine rings is 1. The van der Waals surface area contributed by atoms with Crippen LogP contribution in [0.3, 0.4) is 0 Å². The molecular weight excluding hydrogens is 372 g/mol. The lowest BCUT2D eigenvalue weighted by molar-refractivity contribution is -0.922. The van der Waals surface area contributed by atoms with Gasteiger partial charge in [0.2, 0.25) is 0 Å². The van der Waals surface area contributed by atoms with Crippen LogP contribution in [0.15, 0.2) is 0 Å². The van der Waals surface area contributed by atoms with E-state index in [9.17, 15) is 0 Å². The molecule has 0 aromatic carbocycles. The third kappa shape index (κ3) is 3.90. The van der Waals surface area contributed by atoms with E-state index in [1.807, 2.05) is 11.3 Å². The van der Waals surface area contributed by atoms with Gasteiger partial charge < -0.3 is 19.7 Å². The summed E-state index contributed by atoms with van der Waals surface area (Å²) in [7, 11) is 0. The van der Waals surface area contributed by atoms with Gasteiger partial charge in [-0.25, -0.2) is 9.97 Å². The largest absolute Gasteiger partial charge is 0.376 e. The molecule has 2 fully saturated rings. The molecule has 2 atom stereocenters. The number of aryl methyl sites for hydroxylation is 1. The van der Waals surface area contributed by atoms with Gasteiger partial charge in [-0.05, 0) is 43.6 Å². The van der Waals surface area contributed by atoms with Gasteiger partial charge in [0, 0.05) is 18.0 Å². The predicted octanol–water partition coefficient (Wildman–Crippen LogP) is 1.82. The maximum atomic E-state index is 5.83. The van der Waals surface area contributed by atoms with Gasteiger partial charge in [-0.1, -0.05) is 6.92 Å². The lowest BCUT2D eigenvalue weighted by Crippen LogP contribution is -3.12. The molecule has 0 spiro atoms. The van der Waals surface area contributed by atoms with Gasteiger partial charge in [0.15, 0.2) is 5.82 Å². The summed E-state index contributed by atoms with van der Waals surface area (Å²) in [5.41, 5.74) is 1.50. The van der Waals surface area contributed by atoms with Crippen LogP contribution in [-0.2, 0) is 28.9 Å². The number of quaternary nitrogens is 1. The van der Waals surface area contributed by atoms with E-state index in [-0.39, 0.29) is 0 Å². The first kappa shape index (κ1) is 18.7. The smallest absolute Gasteiger partial charge is 0.187 e. The van der Waals surface area contributed by atoms with Crippen molar-refractivity contribution in [2.45, 2.75) is 51.7 Å². The van der Waals surface area contributed by atoms with Crippen molar-refractivity contribution in [3.63, 3.8) is 0 Å². The van der Waals surface area contributed by atoms with Gasteiger partial charge in [0.05, 0.1) is 24.7 Å². The fraction of sp³-hybridized carbons (Fsp3) is 0.714. The molecule has 2 N–H and O–H groups in total. The number of thiophene rings is 1. The van der Waals surface area contributed by atoms with Gasteiger partial charge in [0.1, 0.15) is 30.3 Å². The highest BCUT2D eigenvalue weighted by Gasteiger charge is 2.26. The Balaban J connectivity index is 1.46. The average molecular weight is 404 g/mol. The second-order valence-corrected chi connectivity index (χ2v) is 9.66. The lowest BCUT2D eigenvalue weighted by Gasteiger charge is -2.23. The Hall–Kier alpha value is -1.28. The molecule has 1 aliphatic carbocycles. The third-order valence-corrected chi connectivity index (χ3v) is 7.48. The van der Waals surface area contributed by atoms with Crippen LogP contribution in [0.4, 0.5) is 5.82 Å². The topological polar surface area (TPSA) is 60.7 Å². The molecule has 2 saturated heterocycles. The number of ether oxygens (including phenoxy) is 2. The summed E-state index contributed by atoms with van der Waals surface area (Å²) >= 11 is 1.90. The SMILES string of the molecule is C[C@@H]1CCc2c(sc3nc(C[NH+]4CCOCC4)nc(NC[C@H]4CCCO4)c23)C1. The molecular formula is C21H31N4O2S+. The molecule has 6 nitrogen and oxygen atoms in total. The van der Waals surface area contributed by atoms with Crippen molar-refractivity contribution in [1.29, 1.82) is 0 Å². The minimum atomic E-state index is 0.313. The molecule has 0 amide bonds. The van der Waals surface area contributed by atoms with Crippen molar-refractivity contribution < 1.29 is 14.4 Å². The number of nitrogens with one attached hydrogen (secondary N) is 2. The molecule has 0 radical (unpaired) electrons. The molecule has 2 aromatic heterocycles. The third-order valence-electron chi connectivity index (χ3n) is 6.33. The van der Waals surface area contributed by atoms with E-state index in [1.165, 1.54) is 44.8 Å². The van der Waals surface area contributed by atoms with Crippen LogP contribution in [0.2, 0.25) is 0 Å². The number of aromatic nitrogens is 2. The Morgan fingerprint density at radius 2 is 2.07 bits per heavy atom. The van der Waals surface area contributed by atoms with Crippen molar-refractivity contribution in [2.75, 3.05) is 44.8 Å². The predicted molar refractivity (Wildman–Crippen MR) is 111 cm³/mol. The fourth-order valence-electron chi connectivity index (χ4n) is 4.67. The summed E-state index contributed by atoms with van der Waals surface area (Å²) in [6, 6.07) is 0. The standard InChI is InChI=1S/C21H30N4O2S/c1-14-4-5-16-17(11-14)28-21-19(16)20(22-12-15-3-2-8-27-15)23-18(24-21)13-25-6-9-26-10-7-25/h14-15H,2-13H2,1H3,(H,22,23,24)/p+1/t14-,15-/m1/s1. The first-order valence-electron chi connectivity index (χ1n) is 10.8. The number of hydrogen-bond acceptors (Lipinski definition) is 6. The number of hydrogen-bond donors (Lipinski definition) is 2. The number of rotatable bonds is 5. The zero-order valence-corrected chi connectivity index (χ0v) is 17.6. The van der Waals surface area contributed by atoms with Crippen LogP contribution >= 0.6 is 11.3 Å². The van der Waals surface area contributed by atoms with Crippen LogP contribution in [0.5, 0.6) is 0 Å². The molecule has 2 aliphatic heterocycles. The highest BCUT2D eigenvalue weighted by molar-refractivity contribution is 7.19. The molecule has 28 heavy (non-hydrogen) atoms. The Morgan fingerprint density at radius 3 is 2.89 bits per heavy atom. The van der Waals surface area contributed by atoms with Gasteiger partial charge in [-0.3, -0.25) is 0 Å². The first-order valence-corrected chi connectivity index (χ1v) is 11.7.